The maximum absolute atomic E-state index is 11.1. The Balaban J connectivity index is 0.000000325. The first-order chi connectivity index (χ1) is 7.66. The van der Waals surface area contributed by atoms with E-state index in [1.165, 1.54) is 4.90 Å². The third-order valence-corrected chi connectivity index (χ3v) is 1.48. The topological polar surface area (TPSA) is 73.4 Å². The van der Waals surface area contributed by atoms with Crippen molar-refractivity contribution in [2.75, 3.05) is 14.1 Å². The summed E-state index contributed by atoms with van der Waals surface area (Å²) < 4.78 is 31.7. The Morgan fingerprint density at radius 2 is 1.82 bits per heavy atom. The van der Waals surface area contributed by atoms with Gasteiger partial charge in [-0.1, -0.05) is 0 Å². The van der Waals surface area contributed by atoms with Crippen LogP contribution in [0.3, 0.4) is 0 Å². The van der Waals surface area contributed by atoms with E-state index in [0.717, 1.165) is 0 Å². The van der Waals surface area contributed by atoms with Crippen LogP contribution in [0, 0.1) is 0 Å². The number of hydrogen-bond donors (Lipinski definition) is 2. The molecule has 0 aliphatic carbocycles. The van der Waals surface area contributed by atoms with Crippen molar-refractivity contribution in [1.29, 1.82) is 0 Å². The molecule has 2 N–H and O–H groups in total. The summed E-state index contributed by atoms with van der Waals surface area (Å²) >= 11 is 0. The van der Waals surface area contributed by atoms with E-state index in [2.05, 4.69) is 4.98 Å². The van der Waals surface area contributed by atoms with Crippen LogP contribution in [0.4, 0.5) is 13.2 Å². The quantitative estimate of drug-likeness (QED) is 0.792. The standard InChI is InChI=1S/C7H10N2O.C2HF3O2/c1-9(2)7(10)6-4-3-5-8-6;3-2(4,5)1(6)7/h3-5,8H,1-2H3;(H,6,7). The summed E-state index contributed by atoms with van der Waals surface area (Å²) in [6, 6.07) is 3.55. The average Bonchev–Trinajstić information content (AvgIpc) is 2.68. The summed E-state index contributed by atoms with van der Waals surface area (Å²) in [5.41, 5.74) is 0.630. The number of hydrogen-bond acceptors (Lipinski definition) is 2. The number of alkyl halides is 3. The van der Waals surface area contributed by atoms with Gasteiger partial charge in [-0.15, -0.1) is 0 Å². The minimum absolute atomic E-state index is 0.00463. The summed E-state index contributed by atoms with van der Waals surface area (Å²) in [7, 11) is 3.45. The number of aromatic nitrogens is 1. The average molecular weight is 252 g/mol. The van der Waals surface area contributed by atoms with E-state index in [4.69, 9.17) is 9.90 Å². The third-order valence-electron chi connectivity index (χ3n) is 1.48. The van der Waals surface area contributed by atoms with Gasteiger partial charge in [0.15, 0.2) is 0 Å². The Morgan fingerprint density at radius 3 is 2.06 bits per heavy atom. The summed E-state index contributed by atoms with van der Waals surface area (Å²) in [6.45, 7) is 0. The fourth-order valence-electron chi connectivity index (χ4n) is 0.704. The van der Waals surface area contributed by atoms with Crippen LogP contribution in [-0.4, -0.2) is 47.1 Å². The number of aromatic amines is 1. The molecule has 0 aliphatic rings. The lowest BCUT2D eigenvalue weighted by atomic mass is 10.4. The van der Waals surface area contributed by atoms with E-state index >= 15 is 0 Å². The Hall–Kier alpha value is -1.99. The molecular formula is C9H11F3N2O3. The molecule has 1 aromatic rings. The van der Waals surface area contributed by atoms with E-state index in [-0.39, 0.29) is 5.91 Å². The number of halogens is 3. The van der Waals surface area contributed by atoms with E-state index in [1.807, 2.05) is 0 Å². The maximum atomic E-state index is 11.1. The molecular weight excluding hydrogens is 241 g/mol. The number of rotatable bonds is 1. The van der Waals surface area contributed by atoms with Crippen LogP contribution in [0.1, 0.15) is 10.5 Å². The monoisotopic (exact) mass is 252 g/mol. The molecule has 0 aliphatic heterocycles. The number of amides is 1. The smallest absolute Gasteiger partial charge is 0.475 e. The number of nitrogens with zero attached hydrogens (tertiary/aromatic N) is 1. The van der Waals surface area contributed by atoms with Gasteiger partial charge in [0.1, 0.15) is 5.69 Å². The van der Waals surface area contributed by atoms with Crippen molar-refractivity contribution >= 4 is 11.9 Å². The van der Waals surface area contributed by atoms with Crippen LogP contribution in [0.15, 0.2) is 18.3 Å². The van der Waals surface area contributed by atoms with Crippen LogP contribution in [-0.2, 0) is 4.79 Å². The van der Waals surface area contributed by atoms with Gasteiger partial charge in [0.25, 0.3) is 5.91 Å². The summed E-state index contributed by atoms with van der Waals surface area (Å²) in [5, 5.41) is 7.12. The molecule has 0 bridgehead atoms. The molecule has 0 spiro atoms. The van der Waals surface area contributed by atoms with Crippen molar-refractivity contribution < 1.29 is 27.9 Å². The number of H-pyrrole nitrogens is 1. The zero-order valence-electron chi connectivity index (χ0n) is 9.08. The highest BCUT2D eigenvalue weighted by molar-refractivity contribution is 5.91. The molecule has 0 fully saturated rings. The van der Waals surface area contributed by atoms with Crippen LogP contribution < -0.4 is 0 Å². The van der Waals surface area contributed by atoms with Crippen LogP contribution in [0.25, 0.3) is 0 Å². The Bertz CT molecular complexity index is 371. The highest BCUT2D eigenvalue weighted by Crippen LogP contribution is 2.13. The third kappa shape index (κ3) is 5.59. The van der Waals surface area contributed by atoms with Gasteiger partial charge in [-0.2, -0.15) is 13.2 Å². The first kappa shape index (κ1) is 15.0. The molecule has 96 valence electrons. The van der Waals surface area contributed by atoms with Gasteiger partial charge in [0, 0.05) is 20.3 Å². The molecule has 0 saturated carbocycles. The van der Waals surface area contributed by atoms with Crippen molar-refractivity contribution in [1.82, 2.24) is 9.88 Å². The van der Waals surface area contributed by atoms with Crippen molar-refractivity contribution in [3.05, 3.63) is 24.0 Å². The Kier molecular flexibility index (Phi) is 5.23. The molecule has 0 aromatic carbocycles. The predicted octanol–water partition coefficient (Wildman–Crippen LogP) is 1.35. The van der Waals surface area contributed by atoms with Gasteiger partial charge in [0.05, 0.1) is 0 Å². The van der Waals surface area contributed by atoms with Crippen molar-refractivity contribution in [3.8, 4) is 0 Å². The highest BCUT2D eigenvalue weighted by Gasteiger charge is 2.38. The van der Waals surface area contributed by atoms with Crippen molar-refractivity contribution in [2.45, 2.75) is 6.18 Å². The highest BCUT2D eigenvalue weighted by atomic mass is 19.4. The molecule has 1 amide bonds. The van der Waals surface area contributed by atoms with Gasteiger partial charge in [-0.25, -0.2) is 4.79 Å². The summed E-state index contributed by atoms with van der Waals surface area (Å²) in [5.74, 6) is -2.75. The largest absolute Gasteiger partial charge is 0.490 e. The van der Waals surface area contributed by atoms with Crippen molar-refractivity contribution in [3.63, 3.8) is 0 Å². The minimum Gasteiger partial charge on any atom is -0.475 e. The van der Waals surface area contributed by atoms with Crippen LogP contribution in [0.5, 0.6) is 0 Å². The zero-order chi connectivity index (χ0) is 13.6. The number of nitrogens with one attached hydrogen (secondary N) is 1. The Labute approximate surface area is 94.8 Å². The minimum atomic E-state index is -5.08. The second-order valence-corrected chi connectivity index (χ2v) is 3.09. The fraction of sp³-hybridized carbons (Fsp3) is 0.333. The molecule has 1 rings (SSSR count). The molecule has 0 atom stereocenters. The van der Waals surface area contributed by atoms with Gasteiger partial charge in [0.2, 0.25) is 0 Å². The summed E-state index contributed by atoms with van der Waals surface area (Å²) in [4.78, 5) is 24.4. The first-order valence-electron chi connectivity index (χ1n) is 4.31. The lowest BCUT2D eigenvalue weighted by Gasteiger charge is -2.07. The van der Waals surface area contributed by atoms with Crippen molar-refractivity contribution in [2.24, 2.45) is 0 Å². The second kappa shape index (κ2) is 5.92. The molecule has 0 radical (unpaired) electrons. The van der Waals surface area contributed by atoms with E-state index in [0.29, 0.717) is 5.69 Å². The summed E-state index contributed by atoms with van der Waals surface area (Å²) in [6.07, 6.45) is -3.35. The van der Waals surface area contributed by atoms with E-state index in [9.17, 15) is 18.0 Å². The number of carboxylic acids is 1. The first-order valence-corrected chi connectivity index (χ1v) is 4.31. The molecule has 8 heteroatoms. The number of aliphatic carboxylic acids is 1. The molecule has 1 heterocycles. The molecule has 0 unspecified atom stereocenters. The zero-order valence-corrected chi connectivity index (χ0v) is 9.08. The number of carbonyl (C=O) groups is 2. The second-order valence-electron chi connectivity index (χ2n) is 3.09. The van der Waals surface area contributed by atoms with Crippen LogP contribution >= 0.6 is 0 Å². The number of carbonyl (C=O) groups excluding carboxylic acids is 1. The lowest BCUT2D eigenvalue weighted by molar-refractivity contribution is -0.192. The SMILES string of the molecule is CN(C)C(=O)c1ccc[nH]1.O=C(O)C(F)(F)F. The molecule has 0 saturated heterocycles. The maximum Gasteiger partial charge on any atom is 0.490 e. The van der Waals surface area contributed by atoms with Gasteiger partial charge < -0.3 is 15.0 Å². The normalized spacial score (nSPS) is 10.2. The lowest BCUT2D eigenvalue weighted by Crippen LogP contribution is -2.21. The van der Waals surface area contributed by atoms with Gasteiger partial charge in [-0.3, -0.25) is 4.79 Å². The molecule has 1 aromatic heterocycles. The fourth-order valence-corrected chi connectivity index (χ4v) is 0.704. The molecule has 17 heavy (non-hydrogen) atoms. The Morgan fingerprint density at radius 1 is 1.35 bits per heavy atom. The number of carboxylic acid groups (broad SMARTS) is 1. The van der Waals surface area contributed by atoms with Crippen LogP contribution in [0.2, 0.25) is 0 Å². The van der Waals surface area contributed by atoms with E-state index < -0.39 is 12.1 Å². The molecule has 5 nitrogen and oxygen atoms in total. The predicted molar refractivity (Wildman–Crippen MR) is 52.5 cm³/mol. The van der Waals surface area contributed by atoms with E-state index in [1.54, 1.807) is 32.4 Å². The van der Waals surface area contributed by atoms with Gasteiger partial charge in [-0.05, 0) is 12.1 Å². The van der Waals surface area contributed by atoms with Gasteiger partial charge >= 0.3 is 12.1 Å².